The first-order valence-corrected chi connectivity index (χ1v) is 9.55. The number of benzene rings is 2. The molecule has 7 nitrogen and oxygen atoms in total. The molecule has 8 heteroatoms. The lowest BCUT2D eigenvalue weighted by atomic mass is 9.96. The monoisotopic (exact) mass is 397 g/mol. The lowest BCUT2D eigenvalue weighted by molar-refractivity contribution is 0.213. The minimum Gasteiger partial charge on any atom is -0.487 e. The molecule has 1 saturated heterocycles. The van der Waals surface area contributed by atoms with E-state index in [2.05, 4.69) is 27.6 Å². The van der Waals surface area contributed by atoms with E-state index in [1.165, 1.54) is 0 Å². The van der Waals surface area contributed by atoms with E-state index in [1.807, 2.05) is 30.3 Å². The van der Waals surface area contributed by atoms with Gasteiger partial charge in [0.2, 0.25) is 0 Å². The van der Waals surface area contributed by atoms with E-state index in [-0.39, 0.29) is 6.03 Å². The van der Waals surface area contributed by atoms with Gasteiger partial charge in [-0.1, -0.05) is 23.7 Å². The molecule has 2 aromatic carbocycles. The molecule has 28 heavy (non-hydrogen) atoms. The molecule has 0 aromatic heterocycles. The number of hydrazine groups is 1. The summed E-state index contributed by atoms with van der Waals surface area (Å²) in [4.78, 5) is 13.8. The summed E-state index contributed by atoms with van der Waals surface area (Å²) in [6.07, 6.45) is 0. The van der Waals surface area contributed by atoms with E-state index in [9.17, 15) is 4.79 Å². The predicted octanol–water partition coefficient (Wildman–Crippen LogP) is 2.61. The van der Waals surface area contributed by atoms with Crippen molar-refractivity contribution < 1.29 is 9.53 Å². The molecule has 0 saturated carbocycles. The number of anilines is 1. The van der Waals surface area contributed by atoms with E-state index < -0.39 is 0 Å². The lowest BCUT2D eigenvalue weighted by Gasteiger charge is -2.35. The Kier molecular flexibility index (Phi) is 4.07. The second-order valence-corrected chi connectivity index (χ2v) is 7.57. The average Bonchev–Trinajstić information content (AvgIpc) is 2.67. The maximum Gasteiger partial charge on any atom is 0.340 e. The van der Waals surface area contributed by atoms with Gasteiger partial charge in [0.15, 0.2) is 0 Å². The molecule has 3 heterocycles. The van der Waals surface area contributed by atoms with Crippen molar-refractivity contribution in [2.24, 2.45) is 0 Å². The number of hydrogen-bond acceptors (Lipinski definition) is 5. The van der Waals surface area contributed by atoms with Crippen LogP contribution in [-0.4, -0.2) is 43.7 Å². The second kappa shape index (κ2) is 6.61. The van der Waals surface area contributed by atoms with Crippen LogP contribution in [0.4, 0.5) is 10.5 Å². The number of amides is 2. The fraction of sp³-hybridized carbons (Fsp3) is 0.250. The molecule has 0 atom stereocenters. The zero-order chi connectivity index (χ0) is 19.3. The quantitative estimate of drug-likeness (QED) is 0.640. The summed E-state index contributed by atoms with van der Waals surface area (Å²) < 4.78 is 6.00. The molecule has 3 aliphatic rings. The number of nitrogens with zero attached hydrogens (tertiary/aromatic N) is 1. The molecule has 144 valence electrons. The minimum atomic E-state index is -0.203. The molecule has 2 aromatic rings. The first kappa shape index (κ1) is 17.2. The van der Waals surface area contributed by atoms with Gasteiger partial charge in [0.05, 0.1) is 17.4 Å². The Bertz CT molecular complexity index is 985. The molecule has 5 rings (SSSR count). The van der Waals surface area contributed by atoms with Gasteiger partial charge >= 0.3 is 6.03 Å². The van der Waals surface area contributed by atoms with Crippen LogP contribution in [0.5, 0.6) is 5.75 Å². The Morgan fingerprint density at radius 1 is 1.14 bits per heavy atom. The van der Waals surface area contributed by atoms with Crippen molar-refractivity contribution in [2.45, 2.75) is 6.04 Å². The van der Waals surface area contributed by atoms with Crippen molar-refractivity contribution in [1.82, 2.24) is 21.1 Å². The summed E-state index contributed by atoms with van der Waals surface area (Å²) in [6, 6.07) is 12.1. The number of halogens is 1. The molecule has 3 aliphatic heterocycles. The number of rotatable bonds is 3. The highest BCUT2D eigenvalue weighted by Crippen LogP contribution is 2.42. The number of nitrogens with one attached hydrogen (secondary N) is 4. The molecule has 4 N–H and O–H groups in total. The Hall–Kier alpha value is -2.90. The van der Waals surface area contributed by atoms with Crippen LogP contribution in [0.3, 0.4) is 0 Å². The number of ether oxygens (including phenoxy) is 1. The van der Waals surface area contributed by atoms with Gasteiger partial charge in [-0.15, -0.1) is 0 Å². The fourth-order valence-corrected chi connectivity index (χ4v) is 3.78. The maximum absolute atomic E-state index is 12.1. The standard InChI is InChI=1S/C20H20ClN5O2/c1-26-19-15-6-16(23-13-8-22-9-13)14(11-2-4-12(21)5-3-11)7-18(15)28-10-17(19)24-25-20(26)27/h2-7,13,22-24H,8-10H2,1H3,(H,25,27). The number of urea groups is 1. The fourth-order valence-electron chi connectivity index (χ4n) is 3.66. The van der Waals surface area contributed by atoms with Gasteiger partial charge in [-0.3, -0.25) is 15.8 Å². The molecular weight excluding hydrogens is 378 g/mol. The molecule has 0 unspecified atom stereocenters. The largest absolute Gasteiger partial charge is 0.487 e. The first-order chi connectivity index (χ1) is 13.6. The summed E-state index contributed by atoms with van der Waals surface area (Å²) in [5, 5.41) is 7.60. The normalized spacial score (nSPS) is 18.4. The highest BCUT2D eigenvalue weighted by Gasteiger charge is 2.31. The van der Waals surface area contributed by atoms with Crippen LogP contribution in [-0.2, 0) is 0 Å². The van der Waals surface area contributed by atoms with Crippen LogP contribution >= 0.6 is 11.6 Å². The number of carbonyl (C=O) groups excluding carboxylic acids is 1. The molecule has 0 spiro atoms. The Balaban J connectivity index is 1.64. The van der Waals surface area contributed by atoms with E-state index in [4.69, 9.17) is 16.3 Å². The second-order valence-electron chi connectivity index (χ2n) is 7.13. The van der Waals surface area contributed by atoms with Gasteiger partial charge in [-0.05, 0) is 29.8 Å². The van der Waals surface area contributed by atoms with Gasteiger partial charge in [-0.2, -0.15) is 0 Å². The molecule has 2 amide bonds. The van der Waals surface area contributed by atoms with Crippen LogP contribution < -0.4 is 26.2 Å². The summed E-state index contributed by atoms with van der Waals surface area (Å²) >= 11 is 6.07. The minimum absolute atomic E-state index is 0.203. The van der Waals surface area contributed by atoms with E-state index >= 15 is 0 Å². The summed E-state index contributed by atoms with van der Waals surface area (Å²) in [5.41, 5.74) is 11.2. The summed E-state index contributed by atoms with van der Waals surface area (Å²) in [5.74, 6) is 0.754. The first-order valence-electron chi connectivity index (χ1n) is 9.17. The third-order valence-corrected chi connectivity index (χ3v) is 5.54. The highest BCUT2D eigenvalue weighted by atomic mass is 35.5. The van der Waals surface area contributed by atoms with Gasteiger partial charge in [0, 0.05) is 42.0 Å². The van der Waals surface area contributed by atoms with Crippen LogP contribution in [0.25, 0.3) is 16.8 Å². The topological polar surface area (TPSA) is 77.7 Å². The number of fused-ring (bicyclic) bond motifs is 2. The van der Waals surface area contributed by atoms with Crippen molar-refractivity contribution in [3.63, 3.8) is 0 Å². The highest BCUT2D eigenvalue weighted by molar-refractivity contribution is 6.30. The summed E-state index contributed by atoms with van der Waals surface area (Å²) in [7, 11) is 1.76. The van der Waals surface area contributed by atoms with Crippen molar-refractivity contribution in [1.29, 1.82) is 0 Å². The Morgan fingerprint density at radius 2 is 1.93 bits per heavy atom. The predicted molar refractivity (Wildman–Crippen MR) is 109 cm³/mol. The van der Waals surface area contributed by atoms with Crippen molar-refractivity contribution in [3.05, 3.63) is 52.7 Å². The molecule has 0 aliphatic carbocycles. The van der Waals surface area contributed by atoms with E-state index in [0.717, 1.165) is 52.6 Å². The Labute approximate surface area is 167 Å². The van der Waals surface area contributed by atoms with Gasteiger partial charge in [0.25, 0.3) is 0 Å². The van der Waals surface area contributed by atoms with Crippen molar-refractivity contribution in [2.75, 3.05) is 32.1 Å². The third-order valence-electron chi connectivity index (χ3n) is 5.29. The number of hydrogen-bond donors (Lipinski definition) is 4. The summed E-state index contributed by atoms with van der Waals surface area (Å²) in [6.45, 7) is 2.21. The van der Waals surface area contributed by atoms with Crippen molar-refractivity contribution in [3.8, 4) is 16.9 Å². The smallest absolute Gasteiger partial charge is 0.340 e. The average molecular weight is 398 g/mol. The van der Waals surface area contributed by atoms with Crippen LogP contribution in [0.2, 0.25) is 5.02 Å². The third kappa shape index (κ3) is 2.83. The Morgan fingerprint density at radius 3 is 2.64 bits per heavy atom. The van der Waals surface area contributed by atoms with Crippen molar-refractivity contribution >= 4 is 29.0 Å². The maximum atomic E-state index is 12.1. The molecular formula is C20H20ClN5O2. The van der Waals surface area contributed by atoms with Gasteiger partial charge in [0.1, 0.15) is 12.4 Å². The van der Waals surface area contributed by atoms with E-state index in [1.54, 1.807) is 11.9 Å². The zero-order valence-electron chi connectivity index (χ0n) is 15.3. The van der Waals surface area contributed by atoms with Crippen LogP contribution in [0, 0.1) is 0 Å². The molecule has 1 fully saturated rings. The SMILES string of the molecule is CN1C(=O)NNC2=C1c1cc(NC3CNC3)c(-c3ccc(Cl)cc3)cc1OC2. The van der Waals surface area contributed by atoms with Crippen LogP contribution in [0.15, 0.2) is 42.1 Å². The lowest BCUT2D eigenvalue weighted by Crippen LogP contribution is -2.52. The zero-order valence-corrected chi connectivity index (χ0v) is 16.1. The number of carbonyl (C=O) groups is 1. The van der Waals surface area contributed by atoms with E-state index in [0.29, 0.717) is 17.7 Å². The molecule has 0 radical (unpaired) electrons. The van der Waals surface area contributed by atoms with Crippen LogP contribution in [0.1, 0.15) is 5.56 Å². The molecule has 0 bridgehead atoms. The van der Waals surface area contributed by atoms with Gasteiger partial charge < -0.3 is 15.4 Å². The van der Waals surface area contributed by atoms with Gasteiger partial charge in [-0.25, -0.2) is 4.79 Å².